The summed E-state index contributed by atoms with van der Waals surface area (Å²) in [5, 5.41) is 6.59. The van der Waals surface area contributed by atoms with E-state index in [2.05, 4.69) is 15.5 Å². The molecule has 3 aliphatic rings. The smallest absolute Gasteiger partial charge is 0.221 e. The number of rotatable bonds is 5. The Hall–Kier alpha value is -0.650. The summed E-state index contributed by atoms with van der Waals surface area (Å²) in [6.45, 7) is 5.48. The first kappa shape index (κ1) is 15.3. The first-order chi connectivity index (χ1) is 10.3. The number of nitrogens with zero attached hydrogens (tertiary/aromatic N) is 1. The Bertz CT molecular complexity index is 343. The third kappa shape index (κ3) is 3.76. The summed E-state index contributed by atoms with van der Waals surface area (Å²) in [6.07, 6.45) is 7.95. The van der Waals surface area contributed by atoms with E-state index in [1.807, 2.05) is 0 Å². The second-order valence-electron chi connectivity index (χ2n) is 6.80. The first-order valence-electron chi connectivity index (χ1n) is 8.61. The minimum Gasteiger partial charge on any atom is -0.379 e. The van der Waals surface area contributed by atoms with Gasteiger partial charge in [-0.25, -0.2) is 0 Å². The molecule has 1 unspecified atom stereocenters. The SMILES string of the molecule is O=C(CC1(N2CCOCC2)CCCC1)NCC1CCCN1. The third-order valence-corrected chi connectivity index (χ3v) is 5.41. The van der Waals surface area contributed by atoms with E-state index >= 15 is 0 Å². The van der Waals surface area contributed by atoms with Crippen molar-refractivity contribution in [3.63, 3.8) is 0 Å². The predicted molar refractivity (Wildman–Crippen MR) is 82.2 cm³/mol. The predicted octanol–water partition coefficient (Wildman–Crippen LogP) is 0.890. The summed E-state index contributed by atoms with van der Waals surface area (Å²) in [6, 6.07) is 0.483. The molecule has 2 heterocycles. The van der Waals surface area contributed by atoms with Crippen LogP contribution < -0.4 is 10.6 Å². The molecule has 0 aromatic carbocycles. The second kappa shape index (κ2) is 7.07. The molecule has 1 saturated carbocycles. The highest BCUT2D eigenvalue weighted by atomic mass is 16.5. The van der Waals surface area contributed by atoms with Gasteiger partial charge < -0.3 is 15.4 Å². The van der Waals surface area contributed by atoms with Crippen molar-refractivity contribution in [3.05, 3.63) is 0 Å². The van der Waals surface area contributed by atoms with Gasteiger partial charge in [0.1, 0.15) is 0 Å². The monoisotopic (exact) mass is 295 g/mol. The van der Waals surface area contributed by atoms with Crippen LogP contribution in [-0.2, 0) is 9.53 Å². The van der Waals surface area contributed by atoms with Gasteiger partial charge in [-0.15, -0.1) is 0 Å². The van der Waals surface area contributed by atoms with E-state index in [-0.39, 0.29) is 11.4 Å². The van der Waals surface area contributed by atoms with Crippen LogP contribution in [0, 0.1) is 0 Å². The lowest BCUT2D eigenvalue weighted by molar-refractivity contribution is -0.125. The Kier molecular flexibility index (Phi) is 5.14. The van der Waals surface area contributed by atoms with E-state index in [0.717, 1.165) is 39.4 Å². The molecule has 2 saturated heterocycles. The highest BCUT2D eigenvalue weighted by molar-refractivity contribution is 5.77. The number of morpholine rings is 1. The van der Waals surface area contributed by atoms with Crippen molar-refractivity contribution >= 4 is 5.91 Å². The number of hydrogen-bond acceptors (Lipinski definition) is 4. The summed E-state index contributed by atoms with van der Waals surface area (Å²) in [7, 11) is 0. The van der Waals surface area contributed by atoms with Crippen LogP contribution in [0.3, 0.4) is 0 Å². The zero-order valence-corrected chi connectivity index (χ0v) is 13.0. The van der Waals surface area contributed by atoms with Crippen LogP contribution in [0.1, 0.15) is 44.9 Å². The van der Waals surface area contributed by atoms with Gasteiger partial charge in [0, 0.05) is 37.6 Å². The summed E-state index contributed by atoms with van der Waals surface area (Å²) in [5.74, 6) is 0.233. The Balaban J connectivity index is 1.52. The van der Waals surface area contributed by atoms with E-state index < -0.39 is 0 Å². The number of carbonyl (C=O) groups excluding carboxylic acids is 1. The molecule has 1 atom stereocenters. The minimum atomic E-state index is 0.108. The van der Waals surface area contributed by atoms with Crippen molar-refractivity contribution in [2.24, 2.45) is 0 Å². The molecule has 1 aliphatic carbocycles. The Labute approximate surface area is 127 Å². The van der Waals surface area contributed by atoms with Gasteiger partial charge in [-0.2, -0.15) is 0 Å². The highest BCUT2D eigenvalue weighted by Gasteiger charge is 2.41. The molecule has 0 bridgehead atoms. The van der Waals surface area contributed by atoms with Crippen molar-refractivity contribution in [2.45, 2.75) is 56.5 Å². The van der Waals surface area contributed by atoms with Gasteiger partial charge in [0.2, 0.25) is 5.91 Å². The van der Waals surface area contributed by atoms with Crippen molar-refractivity contribution in [3.8, 4) is 0 Å². The van der Waals surface area contributed by atoms with Gasteiger partial charge in [0.05, 0.1) is 13.2 Å². The average molecular weight is 295 g/mol. The fraction of sp³-hybridized carbons (Fsp3) is 0.938. The number of ether oxygens (including phenoxy) is 1. The van der Waals surface area contributed by atoms with E-state index in [9.17, 15) is 4.79 Å². The number of amides is 1. The summed E-state index contributed by atoms with van der Waals surface area (Å²) in [4.78, 5) is 14.9. The first-order valence-corrected chi connectivity index (χ1v) is 8.61. The van der Waals surface area contributed by atoms with Gasteiger partial charge in [0.15, 0.2) is 0 Å². The molecule has 21 heavy (non-hydrogen) atoms. The quantitative estimate of drug-likeness (QED) is 0.791. The standard InChI is InChI=1S/C16H29N3O2/c20-15(18-13-14-4-3-7-17-14)12-16(5-1-2-6-16)19-8-10-21-11-9-19/h14,17H,1-13H2,(H,18,20). The molecule has 120 valence electrons. The molecule has 0 radical (unpaired) electrons. The van der Waals surface area contributed by atoms with Crippen LogP contribution in [0.2, 0.25) is 0 Å². The zero-order valence-electron chi connectivity index (χ0n) is 13.0. The number of hydrogen-bond donors (Lipinski definition) is 2. The van der Waals surface area contributed by atoms with E-state index in [0.29, 0.717) is 12.5 Å². The van der Waals surface area contributed by atoms with Crippen LogP contribution in [0.4, 0.5) is 0 Å². The van der Waals surface area contributed by atoms with Crippen molar-refractivity contribution in [1.29, 1.82) is 0 Å². The van der Waals surface area contributed by atoms with Gasteiger partial charge in [-0.05, 0) is 32.2 Å². The van der Waals surface area contributed by atoms with Crippen molar-refractivity contribution in [2.75, 3.05) is 39.4 Å². The van der Waals surface area contributed by atoms with E-state index in [1.165, 1.54) is 38.5 Å². The summed E-state index contributed by atoms with van der Waals surface area (Å²) >= 11 is 0. The van der Waals surface area contributed by atoms with Crippen LogP contribution >= 0.6 is 0 Å². The Morgan fingerprint density at radius 3 is 2.67 bits per heavy atom. The normalized spacial score (nSPS) is 29.6. The second-order valence-corrected chi connectivity index (χ2v) is 6.80. The molecular weight excluding hydrogens is 266 g/mol. The molecule has 2 aliphatic heterocycles. The maximum atomic E-state index is 12.4. The maximum absolute atomic E-state index is 12.4. The summed E-state index contributed by atoms with van der Waals surface area (Å²) in [5.41, 5.74) is 0.108. The Morgan fingerprint density at radius 1 is 1.24 bits per heavy atom. The van der Waals surface area contributed by atoms with Gasteiger partial charge in [-0.1, -0.05) is 12.8 Å². The van der Waals surface area contributed by atoms with E-state index in [1.54, 1.807) is 0 Å². The lowest BCUT2D eigenvalue weighted by Crippen LogP contribution is -2.54. The molecule has 5 nitrogen and oxygen atoms in total. The average Bonchev–Trinajstić information content (AvgIpc) is 3.18. The van der Waals surface area contributed by atoms with Crippen LogP contribution in [-0.4, -0.2) is 61.8 Å². The molecule has 0 spiro atoms. The zero-order chi connectivity index (χ0) is 14.5. The fourth-order valence-electron chi connectivity index (χ4n) is 4.20. The van der Waals surface area contributed by atoms with Gasteiger partial charge in [0.25, 0.3) is 0 Å². The molecule has 1 amide bonds. The lowest BCUT2D eigenvalue weighted by Gasteiger charge is -2.43. The lowest BCUT2D eigenvalue weighted by atomic mass is 9.90. The fourth-order valence-corrected chi connectivity index (χ4v) is 4.20. The third-order valence-electron chi connectivity index (χ3n) is 5.41. The molecule has 3 fully saturated rings. The van der Waals surface area contributed by atoms with Crippen LogP contribution in [0.5, 0.6) is 0 Å². The molecular formula is C16H29N3O2. The van der Waals surface area contributed by atoms with Crippen molar-refractivity contribution in [1.82, 2.24) is 15.5 Å². The van der Waals surface area contributed by atoms with Gasteiger partial charge >= 0.3 is 0 Å². The maximum Gasteiger partial charge on any atom is 0.221 e. The molecule has 2 N–H and O–H groups in total. The molecule has 0 aromatic rings. The number of nitrogens with one attached hydrogen (secondary N) is 2. The highest BCUT2D eigenvalue weighted by Crippen LogP contribution is 2.38. The van der Waals surface area contributed by atoms with E-state index in [4.69, 9.17) is 4.74 Å². The van der Waals surface area contributed by atoms with Crippen molar-refractivity contribution < 1.29 is 9.53 Å². The minimum absolute atomic E-state index is 0.108. The molecule has 5 heteroatoms. The van der Waals surface area contributed by atoms with Crippen LogP contribution in [0.25, 0.3) is 0 Å². The summed E-state index contributed by atoms with van der Waals surface area (Å²) < 4.78 is 5.47. The topological polar surface area (TPSA) is 53.6 Å². The van der Waals surface area contributed by atoms with Gasteiger partial charge in [-0.3, -0.25) is 9.69 Å². The van der Waals surface area contributed by atoms with Crippen LogP contribution in [0.15, 0.2) is 0 Å². The molecule has 0 aromatic heterocycles. The Morgan fingerprint density at radius 2 is 2.00 bits per heavy atom. The molecule has 3 rings (SSSR count). The largest absolute Gasteiger partial charge is 0.379 e. The number of carbonyl (C=O) groups is 1.